The maximum absolute atomic E-state index is 12.1. The predicted octanol–water partition coefficient (Wildman–Crippen LogP) is 2.79. The number of benzene rings is 1. The molecule has 3 aromatic rings. The molecule has 1 aliphatic rings. The fourth-order valence-electron chi connectivity index (χ4n) is 3.12. The number of primary amides is 1. The number of rotatable bonds is 5. The smallest absolute Gasteiger partial charge is 0.249 e. The van der Waals surface area contributed by atoms with E-state index < -0.39 is 5.91 Å². The average molecular weight is 361 g/mol. The highest BCUT2D eigenvalue weighted by Crippen LogP contribution is 2.35. The van der Waals surface area contributed by atoms with Gasteiger partial charge in [0.15, 0.2) is 0 Å². The lowest BCUT2D eigenvalue weighted by Crippen LogP contribution is -2.14. The molecule has 4 rings (SSSR count). The van der Waals surface area contributed by atoms with E-state index in [1.54, 1.807) is 31.6 Å². The monoisotopic (exact) mass is 361 g/mol. The summed E-state index contributed by atoms with van der Waals surface area (Å²) in [5, 5.41) is 7.53. The van der Waals surface area contributed by atoms with Crippen LogP contribution in [0.4, 0.5) is 11.6 Å². The molecule has 0 atom stereocenters. The van der Waals surface area contributed by atoms with Gasteiger partial charge in [0.25, 0.3) is 0 Å². The normalized spacial score (nSPS) is 13.4. The first kappa shape index (κ1) is 17.0. The lowest BCUT2D eigenvalue weighted by molar-refractivity contribution is -0.117. The fraction of sp³-hybridized carbons (Fsp3) is 0.200. The zero-order valence-electron chi connectivity index (χ0n) is 14.8. The molecule has 1 aliphatic carbocycles. The Kier molecular flexibility index (Phi) is 4.19. The minimum absolute atomic E-state index is 0.0103. The molecule has 1 aromatic carbocycles. The molecule has 2 heterocycles. The molecular weight excluding hydrogens is 342 g/mol. The lowest BCUT2D eigenvalue weighted by Gasteiger charge is -2.13. The van der Waals surface area contributed by atoms with Crippen LogP contribution in [0.1, 0.15) is 23.2 Å². The van der Waals surface area contributed by atoms with Gasteiger partial charge in [-0.1, -0.05) is 18.2 Å². The van der Waals surface area contributed by atoms with E-state index in [4.69, 9.17) is 5.73 Å². The van der Waals surface area contributed by atoms with E-state index in [2.05, 4.69) is 20.6 Å². The highest BCUT2D eigenvalue weighted by molar-refractivity contribution is 6.08. The van der Waals surface area contributed by atoms with Crippen molar-refractivity contribution >= 4 is 34.2 Å². The molecule has 0 saturated heterocycles. The highest BCUT2D eigenvalue weighted by atomic mass is 16.2. The van der Waals surface area contributed by atoms with Gasteiger partial charge >= 0.3 is 0 Å². The van der Waals surface area contributed by atoms with E-state index in [0.29, 0.717) is 22.8 Å². The molecule has 1 saturated carbocycles. The van der Waals surface area contributed by atoms with Crippen molar-refractivity contribution in [3.63, 3.8) is 0 Å². The minimum atomic E-state index is -0.507. The van der Waals surface area contributed by atoms with Gasteiger partial charge in [-0.15, -0.1) is 0 Å². The first-order valence-electron chi connectivity index (χ1n) is 8.75. The van der Waals surface area contributed by atoms with Crippen molar-refractivity contribution < 1.29 is 9.59 Å². The molecular formula is C20H19N5O2. The van der Waals surface area contributed by atoms with Crippen LogP contribution in [0.5, 0.6) is 0 Å². The van der Waals surface area contributed by atoms with Crippen LogP contribution < -0.4 is 16.4 Å². The molecule has 136 valence electrons. The lowest BCUT2D eigenvalue weighted by atomic mass is 9.96. The highest BCUT2D eigenvalue weighted by Gasteiger charge is 2.29. The van der Waals surface area contributed by atoms with Crippen LogP contribution in [-0.4, -0.2) is 28.8 Å². The Bertz CT molecular complexity index is 1060. The van der Waals surface area contributed by atoms with E-state index in [9.17, 15) is 9.59 Å². The summed E-state index contributed by atoms with van der Waals surface area (Å²) in [6.45, 7) is 0. The Hall–Kier alpha value is -3.48. The molecule has 0 bridgehead atoms. The van der Waals surface area contributed by atoms with Gasteiger partial charge in [-0.3, -0.25) is 9.59 Å². The average Bonchev–Trinajstić information content (AvgIpc) is 3.52. The maximum atomic E-state index is 12.1. The van der Waals surface area contributed by atoms with Crippen LogP contribution in [0, 0.1) is 5.92 Å². The quantitative estimate of drug-likeness (QED) is 0.647. The molecule has 0 spiro atoms. The summed E-state index contributed by atoms with van der Waals surface area (Å²) < 4.78 is 0. The van der Waals surface area contributed by atoms with Crippen molar-refractivity contribution in [2.45, 2.75) is 12.8 Å². The number of hydrogen-bond acceptors (Lipinski definition) is 5. The number of carbonyl (C=O) groups is 2. The third-order valence-corrected chi connectivity index (χ3v) is 4.69. The first-order chi connectivity index (χ1) is 13.1. The second-order valence-electron chi connectivity index (χ2n) is 6.56. The number of nitrogens with zero attached hydrogens (tertiary/aromatic N) is 2. The Morgan fingerprint density at radius 1 is 1.07 bits per heavy atom. The van der Waals surface area contributed by atoms with Crippen LogP contribution in [0.15, 0.2) is 42.7 Å². The maximum Gasteiger partial charge on any atom is 0.249 e. The number of nitrogens with two attached hydrogens (primary N) is 1. The number of hydrogen-bond donors (Lipinski definition) is 3. The van der Waals surface area contributed by atoms with E-state index >= 15 is 0 Å². The summed E-state index contributed by atoms with van der Waals surface area (Å²) in [6.07, 6.45) is 5.21. The van der Waals surface area contributed by atoms with Crippen molar-refractivity contribution in [1.82, 2.24) is 9.97 Å². The van der Waals surface area contributed by atoms with Gasteiger partial charge in [-0.05, 0) is 35.9 Å². The molecule has 1 fully saturated rings. The van der Waals surface area contributed by atoms with Crippen LogP contribution in [0.25, 0.3) is 21.9 Å². The molecule has 27 heavy (non-hydrogen) atoms. The van der Waals surface area contributed by atoms with Gasteiger partial charge in [0.05, 0.1) is 0 Å². The Morgan fingerprint density at radius 3 is 2.56 bits per heavy atom. The Morgan fingerprint density at radius 2 is 1.85 bits per heavy atom. The number of aromatic nitrogens is 2. The number of carbonyl (C=O) groups excluding carboxylic acids is 2. The van der Waals surface area contributed by atoms with E-state index in [0.717, 1.165) is 29.2 Å². The van der Waals surface area contributed by atoms with Crippen molar-refractivity contribution in [3.05, 3.63) is 48.3 Å². The van der Waals surface area contributed by atoms with Gasteiger partial charge in [-0.25, -0.2) is 9.97 Å². The third kappa shape index (κ3) is 3.19. The summed E-state index contributed by atoms with van der Waals surface area (Å²) in [5.74, 6) is 0.711. The van der Waals surface area contributed by atoms with E-state index in [1.807, 2.05) is 18.2 Å². The number of anilines is 2. The van der Waals surface area contributed by atoms with Crippen molar-refractivity contribution in [1.29, 1.82) is 0 Å². The molecule has 0 unspecified atom stereocenters. The zero-order valence-corrected chi connectivity index (χ0v) is 14.8. The van der Waals surface area contributed by atoms with Gasteiger partial charge in [0, 0.05) is 41.9 Å². The second kappa shape index (κ2) is 6.68. The summed E-state index contributed by atoms with van der Waals surface area (Å²) in [4.78, 5) is 32.8. The number of nitrogens with one attached hydrogen (secondary N) is 2. The summed E-state index contributed by atoms with van der Waals surface area (Å²) in [5.41, 5.74) is 7.41. The number of amides is 2. The molecule has 0 aliphatic heterocycles. The second-order valence-corrected chi connectivity index (χ2v) is 6.56. The predicted molar refractivity (Wildman–Crippen MR) is 104 cm³/mol. The Balaban J connectivity index is 1.89. The Labute approximate surface area is 156 Å². The van der Waals surface area contributed by atoms with Crippen LogP contribution in [0.2, 0.25) is 0 Å². The van der Waals surface area contributed by atoms with Gasteiger partial charge in [0.1, 0.15) is 11.6 Å². The largest absolute Gasteiger partial charge is 0.373 e. The van der Waals surface area contributed by atoms with Crippen LogP contribution in [-0.2, 0) is 4.79 Å². The standard InChI is InChI=1S/C20H19N5O2/c1-22-19-16-10-23-17(25-20(27)11-6-7-11)8-14(16)15(9-24-19)12-4-2-3-5-13(12)18(21)26/h2-5,8-11H,6-7H2,1H3,(H2,21,26)(H,22,24)(H,23,25,27). The molecule has 2 amide bonds. The summed E-state index contributed by atoms with van der Waals surface area (Å²) in [6, 6.07) is 8.94. The van der Waals surface area contributed by atoms with E-state index in [1.165, 1.54) is 0 Å². The molecule has 2 aromatic heterocycles. The van der Waals surface area contributed by atoms with Crippen molar-refractivity contribution in [2.24, 2.45) is 11.7 Å². The van der Waals surface area contributed by atoms with E-state index in [-0.39, 0.29) is 11.8 Å². The van der Waals surface area contributed by atoms with Crippen LogP contribution in [0.3, 0.4) is 0 Å². The topological polar surface area (TPSA) is 110 Å². The van der Waals surface area contributed by atoms with Gasteiger partial charge in [-0.2, -0.15) is 0 Å². The molecule has 7 nitrogen and oxygen atoms in total. The molecule has 7 heteroatoms. The zero-order chi connectivity index (χ0) is 19.0. The SMILES string of the molecule is CNc1ncc(-c2ccccc2C(N)=O)c2cc(NC(=O)C3CC3)ncc12. The third-order valence-electron chi connectivity index (χ3n) is 4.69. The van der Waals surface area contributed by atoms with Gasteiger partial charge in [0.2, 0.25) is 11.8 Å². The van der Waals surface area contributed by atoms with Crippen LogP contribution >= 0.6 is 0 Å². The summed E-state index contributed by atoms with van der Waals surface area (Å²) in [7, 11) is 1.78. The number of pyridine rings is 2. The summed E-state index contributed by atoms with van der Waals surface area (Å²) >= 11 is 0. The van der Waals surface area contributed by atoms with Gasteiger partial charge < -0.3 is 16.4 Å². The molecule has 4 N–H and O–H groups in total. The molecule has 0 radical (unpaired) electrons. The fourth-order valence-corrected chi connectivity index (χ4v) is 3.12. The van der Waals surface area contributed by atoms with Crippen molar-refractivity contribution in [2.75, 3.05) is 17.7 Å². The number of fused-ring (bicyclic) bond motifs is 1. The minimum Gasteiger partial charge on any atom is -0.373 e. The van der Waals surface area contributed by atoms with Crippen molar-refractivity contribution in [3.8, 4) is 11.1 Å². The first-order valence-corrected chi connectivity index (χ1v) is 8.75.